The smallest absolute Gasteiger partial charge is 0.213 e. The highest BCUT2D eigenvalue weighted by Crippen LogP contribution is 2.48. The predicted molar refractivity (Wildman–Crippen MR) is 161 cm³/mol. The molecule has 0 saturated heterocycles. The molecule has 0 fully saturated rings. The topological polar surface area (TPSA) is 43.3 Å². The van der Waals surface area contributed by atoms with Crippen molar-refractivity contribution in [1.29, 1.82) is 0 Å². The van der Waals surface area contributed by atoms with Crippen molar-refractivity contribution in [2.75, 3.05) is 6.61 Å². The molecule has 206 valence electrons. The Hall–Kier alpha value is -2.99. The summed E-state index contributed by atoms with van der Waals surface area (Å²) in [6, 6.07) is 22.9. The molecule has 0 N–H and O–H groups in total. The Morgan fingerprint density at radius 3 is 2.38 bits per heavy atom. The number of ether oxygens (including phenoxy) is 3. The summed E-state index contributed by atoms with van der Waals surface area (Å²) in [5.41, 5.74) is 4.37. The van der Waals surface area contributed by atoms with Gasteiger partial charge in [-0.2, -0.15) is 5.10 Å². The second kappa shape index (κ2) is 12.9. The molecule has 0 aromatic heterocycles. The summed E-state index contributed by atoms with van der Waals surface area (Å²) >= 11 is 3.64. The fraction of sp³-hybridized carbons (Fsp3) is 0.424. The lowest BCUT2D eigenvalue weighted by Crippen LogP contribution is -2.33. The van der Waals surface area contributed by atoms with Crippen LogP contribution in [-0.2, 0) is 0 Å². The van der Waals surface area contributed by atoms with Crippen molar-refractivity contribution in [3.63, 3.8) is 0 Å². The molecule has 2 heterocycles. The molecule has 39 heavy (non-hydrogen) atoms. The van der Waals surface area contributed by atoms with Crippen molar-refractivity contribution in [1.82, 2.24) is 5.01 Å². The molecule has 0 saturated carbocycles. The zero-order valence-electron chi connectivity index (χ0n) is 23.2. The van der Waals surface area contributed by atoms with Gasteiger partial charge in [-0.05, 0) is 92.6 Å². The normalized spacial score (nSPS) is 17.9. The van der Waals surface area contributed by atoms with Crippen molar-refractivity contribution in [2.24, 2.45) is 5.10 Å². The van der Waals surface area contributed by atoms with Gasteiger partial charge in [0.25, 0.3) is 0 Å². The van der Waals surface area contributed by atoms with E-state index < -0.39 is 0 Å². The fourth-order valence-electron chi connectivity index (χ4n) is 5.25. The first kappa shape index (κ1) is 27.6. The Labute approximate surface area is 241 Å². The molecule has 2 aliphatic rings. The molecule has 0 radical (unpaired) electrons. The number of nitrogens with zero attached hydrogens (tertiary/aromatic N) is 2. The molecule has 3 aromatic rings. The number of benzene rings is 3. The predicted octanol–water partition coefficient (Wildman–Crippen LogP) is 9.22. The Bertz CT molecular complexity index is 1260. The number of unbranched alkanes of at least 4 members (excludes halogenated alkanes) is 5. The molecule has 5 rings (SSSR count). The third-order valence-corrected chi connectivity index (χ3v) is 7.74. The standard InChI is InChI=1S/C33H39BrN2O3/c1-4-5-6-7-8-9-20-37-27-15-12-25(13-16-27)33-36-31(29-21-26(34)14-19-32(29)39-33)22-30(35-36)24-10-17-28(18-11-24)38-23(2)3/h10-19,21,23,31,33H,4-9,20,22H2,1-3H3/t31-,33-/m0/s1. The van der Waals surface area contributed by atoms with Crippen LogP contribution in [-0.4, -0.2) is 23.4 Å². The molecule has 6 heteroatoms. The number of hydrogen-bond acceptors (Lipinski definition) is 5. The highest BCUT2D eigenvalue weighted by molar-refractivity contribution is 9.10. The van der Waals surface area contributed by atoms with Crippen molar-refractivity contribution >= 4 is 21.6 Å². The number of hydrogen-bond donors (Lipinski definition) is 0. The average Bonchev–Trinajstić information content (AvgIpc) is 3.39. The van der Waals surface area contributed by atoms with Crippen molar-refractivity contribution in [3.05, 3.63) is 87.9 Å². The highest BCUT2D eigenvalue weighted by Gasteiger charge is 2.41. The van der Waals surface area contributed by atoms with Crippen molar-refractivity contribution < 1.29 is 14.2 Å². The van der Waals surface area contributed by atoms with Gasteiger partial charge >= 0.3 is 0 Å². The van der Waals surface area contributed by atoms with Crippen LogP contribution in [0.4, 0.5) is 0 Å². The summed E-state index contributed by atoms with van der Waals surface area (Å²) in [5.74, 6) is 2.68. The van der Waals surface area contributed by atoms with Gasteiger partial charge in [0.15, 0.2) is 0 Å². The van der Waals surface area contributed by atoms with Gasteiger partial charge in [0.2, 0.25) is 6.23 Å². The molecule has 5 nitrogen and oxygen atoms in total. The third kappa shape index (κ3) is 6.78. The lowest BCUT2D eigenvalue weighted by atomic mass is 9.96. The molecule has 0 amide bonds. The zero-order valence-corrected chi connectivity index (χ0v) is 24.8. The van der Waals surface area contributed by atoms with Crippen LogP contribution in [0.1, 0.15) is 94.7 Å². The summed E-state index contributed by atoms with van der Waals surface area (Å²) in [5, 5.41) is 7.23. The first-order valence-electron chi connectivity index (χ1n) is 14.3. The summed E-state index contributed by atoms with van der Waals surface area (Å²) in [7, 11) is 0. The minimum Gasteiger partial charge on any atom is -0.494 e. The Kier molecular flexibility index (Phi) is 9.13. The zero-order chi connectivity index (χ0) is 27.2. The van der Waals surface area contributed by atoms with Gasteiger partial charge in [0, 0.05) is 22.0 Å². The van der Waals surface area contributed by atoms with Crippen molar-refractivity contribution in [2.45, 2.75) is 84.1 Å². The minimum absolute atomic E-state index is 0.0986. The second-order valence-corrected chi connectivity index (χ2v) is 11.6. The third-order valence-electron chi connectivity index (χ3n) is 7.24. The molecule has 0 aliphatic carbocycles. The Morgan fingerprint density at radius 2 is 1.64 bits per heavy atom. The van der Waals surface area contributed by atoms with Gasteiger partial charge in [-0.15, -0.1) is 0 Å². The van der Waals surface area contributed by atoms with E-state index in [1.165, 1.54) is 32.1 Å². The molecule has 0 unspecified atom stereocenters. The van der Waals surface area contributed by atoms with E-state index in [9.17, 15) is 0 Å². The van der Waals surface area contributed by atoms with E-state index in [4.69, 9.17) is 19.3 Å². The van der Waals surface area contributed by atoms with Gasteiger partial charge in [-0.3, -0.25) is 0 Å². The van der Waals surface area contributed by atoms with E-state index in [-0.39, 0.29) is 18.4 Å². The molecular weight excluding hydrogens is 552 g/mol. The van der Waals surface area contributed by atoms with Crippen LogP contribution < -0.4 is 14.2 Å². The average molecular weight is 592 g/mol. The van der Waals surface area contributed by atoms with Gasteiger partial charge in [-0.25, -0.2) is 5.01 Å². The molecule has 2 aliphatic heterocycles. The van der Waals surface area contributed by atoms with Crippen LogP contribution in [0.5, 0.6) is 17.2 Å². The largest absolute Gasteiger partial charge is 0.494 e. The molecule has 0 spiro atoms. The molecule has 2 atom stereocenters. The monoisotopic (exact) mass is 590 g/mol. The van der Waals surface area contributed by atoms with E-state index in [1.54, 1.807) is 0 Å². The first-order chi connectivity index (χ1) is 19.0. The van der Waals surface area contributed by atoms with Crippen LogP contribution >= 0.6 is 15.9 Å². The quantitative estimate of drug-likeness (QED) is 0.197. The Balaban J connectivity index is 1.31. The summed E-state index contributed by atoms with van der Waals surface area (Å²) in [6.45, 7) is 7.09. The molecular formula is C33H39BrN2O3. The summed E-state index contributed by atoms with van der Waals surface area (Å²) in [4.78, 5) is 0. The number of rotatable bonds is 12. The van der Waals surface area contributed by atoms with Crippen LogP contribution in [0.3, 0.4) is 0 Å². The van der Waals surface area contributed by atoms with Crippen LogP contribution in [0.25, 0.3) is 0 Å². The van der Waals surface area contributed by atoms with Gasteiger partial charge in [-0.1, -0.05) is 55.0 Å². The van der Waals surface area contributed by atoms with Crippen molar-refractivity contribution in [3.8, 4) is 17.2 Å². The van der Waals surface area contributed by atoms with Crippen LogP contribution in [0.2, 0.25) is 0 Å². The Morgan fingerprint density at radius 1 is 0.923 bits per heavy atom. The van der Waals surface area contributed by atoms with Crippen LogP contribution in [0, 0.1) is 0 Å². The summed E-state index contributed by atoms with van der Waals surface area (Å²) < 4.78 is 19.5. The number of fused-ring (bicyclic) bond motifs is 3. The van der Waals surface area contributed by atoms with E-state index in [0.717, 1.165) is 63.6 Å². The van der Waals surface area contributed by atoms with Gasteiger partial charge < -0.3 is 14.2 Å². The number of hydrazone groups is 1. The minimum atomic E-state index is -0.308. The maximum Gasteiger partial charge on any atom is 0.213 e. The molecule has 3 aromatic carbocycles. The van der Waals surface area contributed by atoms with Crippen LogP contribution in [0.15, 0.2) is 76.3 Å². The fourth-order valence-corrected chi connectivity index (χ4v) is 5.63. The maximum absolute atomic E-state index is 6.56. The van der Waals surface area contributed by atoms with Gasteiger partial charge in [0.1, 0.15) is 17.2 Å². The van der Waals surface area contributed by atoms with E-state index in [2.05, 4.69) is 76.4 Å². The van der Waals surface area contributed by atoms with E-state index in [0.29, 0.717) is 0 Å². The highest BCUT2D eigenvalue weighted by atomic mass is 79.9. The SMILES string of the molecule is CCCCCCCCOc1ccc([C@@H]2Oc3ccc(Br)cc3[C@@H]3CC(c4ccc(OC(C)C)cc4)=NN32)cc1. The number of halogens is 1. The van der Waals surface area contributed by atoms with Gasteiger partial charge in [0.05, 0.1) is 24.5 Å². The first-order valence-corrected chi connectivity index (χ1v) is 15.1. The maximum atomic E-state index is 6.56. The second-order valence-electron chi connectivity index (χ2n) is 10.7. The molecule has 0 bridgehead atoms. The lowest BCUT2D eigenvalue weighted by Gasteiger charge is -2.38. The summed E-state index contributed by atoms with van der Waals surface area (Å²) in [6.07, 6.45) is 8.21. The lowest BCUT2D eigenvalue weighted by molar-refractivity contribution is -0.0191. The van der Waals surface area contributed by atoms with E-state index >= 15 is 0 Å². The van der Waals surface area contributed by atoms with E-state index in [1.807, 2.05) is 32.0 Å².